The number of esters is 1. The zero-order valence-corrected chi connectivity index (χ0v) is 13.0. The molecule has 0 aliphatic carbocycles. The van der Waals surface area contributed by atoms with Crippen LogP contribution in [0.1, 0.15) is 24.5 Å². The van der Waals surface area contributed by atoms with Crippen molar-refractivity contribution in [1.29, 1.82) is 0 Å². The van der Waals surface area contributed by atoms with E-state index in [1.165, 1.54) is 16.0 Å². The molecular formula is C15H23NO2S. The lowest BCUT2D eigenvalue weighted by Gasteiger charge is -2.14. The Balaban J connectivity index is 2.46. The Hall–Kier alpha value is -1.00. The average Bonchev–Trinajstić information content (AvgIpc) is 2.37. The first-order chi connectivity index (χ1) is 9.08. The minimum atomic E-state index is -0.210. The molecule has 1 N–H and O–H groups in total. The number of rotatable bonds is 7. The molecular weight excluding hydrogens is 258 g/mol. The summed E-state index contributed by atoms with van der Waals surface area (Å²) in [6, 6.07) is 6.24. The minimum absolute atomic E-state index is 0.161. The number of hydrogen-bond acceptors (Lipinski definition) is 4. The molecule has 1 atom stereocenters. The topological polar surface area (TPSA) is 38.3 Å². The van der Waals surface area contributed by atoms with Crippen LogP contribution in [0, 0.1) is 13.8 Å². The van der Waals surface area contributed by atoms with Gasteiger partial charge in [-0.25, -0.2) is 0 Å². The highest BCUT2D eigenvalue weighted by molar-refractivity contribution is 7.99. The summed E-state index contributed by atoms with van der Waals surface area (Å²) in [7, 11) is 1.80. The van der Waals surface area contributed by atoms with Gasteiger partial charge in [-0.05, 0) is 45.9 Å². The molecule has 0 heterocycles. The Morgan fingerprint density at radius 1 is 1.42 bits per heavy atom. The van der Waals surface area contributed by atoms with Gasteiger partial charge in [-0.15, -0.1) is 11.8 Å². The summed E-state index contributed by atoms with van der Waals surface area (Å²) in [5.41, 5.74) is 2.57. The fourth-order valence-electron chi connectivity index (χ4n) is 1.87. The molecule has 1 unspecified atom stereocenters. The first kappa shape index (κ1) is 16.1. The standard InChI is InChI=1S/C15H23NO2S/c1-5-18-15(17)13(16-4)8-9-19-14-7-6-11(2)10-12(14)3/h6-7,10,13,16H,5,8-9H2,1-4H3. The normalized spacial score (nSPS) is 12.2. The molecule has 3 nitrogen and oxygen atoms in total. The van der Waals surface area contributed by atoms with Crippen molar-refractivity contribution in [2.24, 2.45) is 0 Å². The summed E-state index contributed by atoms with van der Waals surface area (Å²) < 4.78 is 5.03. The Morgan fingerprint density at radius 2 is 2.16 bits per heavy atom. The van der Waals surface area contributed by atoms with Gasteiger partial charge in [0.1, 0.15) is 6.04 Å². The van der Waals surface area contributed by atoms with Gasteiger partial charge in [0.25, 0.3) is 0 Å². The molecule has 0 amide bonds. The summed E-state index contributed by atoms with van der Waals surface area (Å²) in [6.07, 6.45) is 0.771. The molecule has 0 spiro atoms. The van der Waals surface area contributed by atoms with Crippen LogP contribution in [0.3, 0.4) is 0 Å². The lowest BCUT2D eigenvalue weighted by atomic mass is 10.2. The number of aryl methyl sites for hydroxylation is 2. The number of thioether (sulfide) groups is 1. The molecule has 0 aliphatic rings. The van der Waals surface area contributed by atoms with Crippen molar-refractivity contribution in [2.75, 3.05) is 19.4 Å². The molecule has 0 radical (unpaired) electrons. The van der Waals surface area contributed by atoms with Crippen molar-refractivity contribution in [1.82, 2.24) is 5.32 Å². The van der Waals surface area contributed by atoms with E-state index in [1.54, 1.807) is 18.8 Å². The van der Waals surface area contributed by atoms with E-state index in [4.69, 9.17) is 4.74 Å². The lowest BCUT2D eigenvalue weighted by Crippen LogP contribution is -2.36. The van der Waals surface area contributed by atoms with Crippen LogP contribution in [-0.4, -0.2) is 31.4 Å². The molecule has 0 aromatic heterocycles. The van der Waals surface area contributed by atoms with Gasteiger partial charge in [-0.2, -0.15) is 0 Å². The maximum absolute atomic E-state index is 11.6. The third-order valence-corrected chi connectivity index (χ3v) is 4.12. The SMILES string of the molecule is CCOC(=O)C(CCSc1ccc(C)cc1C)NC. The van der Waals surface area contributed by atoms with Gasteiger partial charge in [-0.3, -0.25) is 4.79 Å². The Kier molecular flexibility index (Phi) is 6.95. The molecule has 0 saturated carbocycles. The average molecular weight is 281 g/mol. The van der Waals surface area contributed by atoms with Crippen LogP contribution in [0.5, 0.6) is 0 Å². The van der Waals surface area contributed by atoms with Crippen molar-refractivity contribution < 1.29 is 9.53 Å². The summed E-state index contributed by atoms with van der Waals surface area (Å²) in [6.45, 7) is 6.48. The molecule has 19 heavy (non-hydrogen) atoms. The molecule has 4 heteroatoms. The van der Waals surface area contributed by atoms with E-state index in [-0.39, 0.29) is 12.0 Å². The minimum Gasteiger partial charge on any atom is -0.465 e. The summed E-state index contributed by atoms with van der Waals surface area (Å²) in [5, 5.41) is 3.01. The van der Waals surface area contributed by atoms with Gasteiger partial charge in [-0.1, -0.05) is 17.7 Å². The van der Waals surface area contributed by atoms with E-state index in [9.17, 15) is 4.79 Å². The molecule has 106 valence electrons. The summed E-state index contributed by atoms with van der Waals surface area (Å²) in [5.74, 6) is 0.736. The number of benzene rings is 1. The maximum Gasteiger partial charge on any atom is 0.323 e. The van der Waals surface area contributed by atoms with Gasteiger partial charge < -0.3 is 10.1 Å². The van der Waals surface area contributed by atoms with Crippen LogP contribution < -0.4 is 5.32 Å². The second kappa shape index (κ2) is 8.23. The van der Waals surface area contributed by atoms with Gasteiger partial charge >= 0.3 is 5.97 Å². The van der Waals surface area contributed by atoms with E-state index in [0.29, 0.717) is 6.61 Å². The highest BCUT2D eigenvalue weighted by Crippen LogP contribution is 2.24. The third-order valence-electron chi connectivity index (χ3n) is 2.91. The highest BCUT2D eigenvalue weighted by atomic mass is 32.2. The fraction of sp³-hybridized carbons (Fsp3) is 0.533. The second-order valence-electron chi connectivity index (χ2n) is 4.50. The predicted molar refractivity (Wildman–Crippen MR) is 80.7 cm³/mol. The smallest absolute Gasteiger partial charge is 0.323 e. The van der Waals surface area contributed by atoms with Crippen LogP contribution in [0.4, 0.5) is 0 Å². The molecule has 0 fully saturated rings. The quantitative estimate of drug-likeness (QED) is 0.616. The largest absolute Gasteiger partial charge is 0.465 e. The van der Waals surface area contributed by atoms with Gasteiger partial charge in [0.15, 0.2) is 0 Å². The zero-order valence-electron chi connectivity index (χ0n) is 12.2. The lowest BCUT2D eigenvalue weighted by molar-refractivity contribution is -0.145. The first-order valence-electron chi connectivity index (χ1n) is 6.62. The van der Waals surface area contributed by atoms with E-state index in [0.717, 1.165) is 12.2 Å². The number of hydrogen-bond donors (Lipinski definition) is 1. The predicted octanol–water partition coefficient (Wildman–Crippen LogP) is 2.94. The van der Waals surface area contributed by atoms with Crippen LogP contribution in [-0.2, 0) is 9.53 Å². The summed E-state index contributed by atoms with van der Waals surface area (Å²) in [4.78, 5) is 12.9. The van der Waals surface area contributed by atoms with E-state index in [2.05, 4.69) is 37.4 Å². The number of likely N-dealkylation sites (N-methyl/N-ethyl adjacent to an activating group) is 1. The van der Waals surface area contributed by atoms with Crippen LogP contribution in [0.2, 0.25) is 0 Å². The number of carbonyl (C=O) groups excluding carboxylic acids is 1. The Bertz CT molecular complexity index is 421. The van der Waals surface area contributed by atoms with Crippen molar-refractivity contribution in [3.8, 4) is 0 Å². The van der Waals surface area contributed by atoms with Crippen LogP contribution in [0.25, 0.3) is 0 Å². The Morgan fingerprint density at radius 3 is 2.74 bits per heavy atom. The molecule has 1 rings (SSSR count). The molecule has 0 bridgehead atoms. The van der Waals surface area contributed by atoms with Crippen molar-refractivity contribution in [3.63, 3.8) is 0 Å². The fourth-order valence-corrected chi connectivity index (χ4v) is 2.90. The number of nitrogens with one attached hydrogen (secondary N) is 1. The van der Waals surface area contributed by atoms with Crippen molar-refractivity contribution in [2.45, 2.75) is 38.1 Å². The van der Waals surface area contributed by atoms with E-state index >= 15 is 0 Å². The van der Waals surface area contributed by atoms with Crippen molar-refractivity contribution in [3.05, 3.63) is 29.3 Å². The summed E-state index contributed by atoms with van der Waals surface area (Å²) >= 11 is 1.79. The van der Waals surface area contributed by atoms with Crippen molar-refractivity contribution >= 4 is 17.7 Å². The van der Waals surface area contributed by atoms with Gasteiger partial charge in [0.05, 0.1) is 6.61 Å². The molecule has 1 aromatic rings. The molecule has 1 aromatic carbocycles. The van der Waals surface area contributed by atoms with Crippen LogP contribution in [0.15, 0.2) is 23.1 Å². The number of carbonyl (C=O) groups is 1. The van der Waals surface area contributed by atoms with Gasteiger partial charge in [0, 0.05) is 10.6 Å². The van der Waals surface area contributed by atoms with E-state index < -0.39 is 0 Å². The third kappa shape index (κ3) is 5.25. The monoisotopic (exact) mass is 281 g/mol. The molecule has 0 aliphatic heterocycles. The number of ether oxygens (including phenoxy) is 1. The Labute approximate surface area is 120 Å². The molecule has 0 saturated heterocycles. The van der Waals surface area contributed by atoms with Gasteiger partial charge in [0.2, 0.25) is 0 Å². The van der Waals surface area contributed by atoms with Crippen LogP contribution >= 0.6 is 11.8 Å². The van der Waals surface area contributed by atoms with E-state index in [1.807, 2.05) is 6.92 Å². The maximum atomic E-state index is 11.6. The highest BCUT2D eigenvalue weighted by Gasteiger charge is 2.17. The first-order valence-corrected chi connectivity index (χ1v) is 7.61. The second-order valence-corrected chi connectivity index (χ2v) is 5.64. The zero-order chi connectivity index (χ0) is 14.3.